The van der Waals surface area contributed by atoms with Crippen molar-refractivity contribution in [1.29, 1.82) is 0 Å². The second-order valence-electron chi connectivity index (χ2n) is 7.33. The lowest BCUT2D eigenvalue weighted by Gasteiger charge is -2.14. The van der Waals surface area contributed by atoms with Crippen LogP contribution in [0.3, 0.4) is 0 Å². The number of aryl methyl sites for hydroxylation is 1. The number of hydrogen-bond donors (Lipinski definition) is 1. The van der Waals surface area contributed by atoms with Gasteiger partial charge in [-0.15, -0.1) is 11.3 Å². The molecule has 0 bridgehead atoms. The predicted octanol–water partition coefficient (Wildman–Crippen LogP) is 5.90. The number of thiazole rings is 1. The van der Waals surface area contributed by atoms with Crippen molar-refractivity contribution in [2.45, 2.75) is 19.9 Å². The summed E-state index contributed by atoms with van der Waals surface area (Å²) in [6, 6.07) is 14.3. The molecule has 2 aromatic carbocycles. The minimum atomic E-state index is -0.760. The number of nitrogens with zero attached hydrogens (tertiary/aromatic N) is 3. The molecule has 6 nitrogen and oxygen atoms in total. The standard InChI is InChI=1S/C23H17ClN4O2S2/c1-12(20(29)27-23-26-16-5-3-4-6-17(16)32-23)28-11-25-21-19(22(28)30)18(13(2)31-21)14-7-9-15(24)10-8-14/h3-12H,1-2H3,(H,26,27,29). The molecule has 1 atom stereocenters. The van der Waals surface area contributed by atoms with Crippen LogP contribution in [-0.2, 0) is 4.79 Å². The third-order valence-electron chi connectivity index (χ3n) is 5.27. The Morgan fingerprint density at radius 3 is 2.62 bits per heavy atom. The normalized spacial score (nSPS) is 12.3. The van der Waals surface area contributed by atoms with E-state index in [0.717, 1.165) is 26.2 Å². The molecule has 0 aliphatic carbocycles. The van der Waals surface area contributed by atoms with Crippen molar-refractivity contribution in [3.63, 3.8) is 0 Å². The molecule has 0 radical (unpaired) electrons. The molecule has 0 fully saturated rings. The van der Waals surface area contributed by atoms with Crippen LogP contribution in [0, 0.1) is 6.92 Å². The van der Waals surface area contributed by atoms with E-state index in [2.05, 4.69) is 15.3 Å². The van der Waals surface area contributed by atoms with Gasteiger partial charge in [-0.05, 0) is 43.7 Å². The van der Waals surface area contributed by atoms with Gasteiger partial charge in [-0.1, -0.05) is 47.2 Å². The zero-order valence-corrected chi connectivity index (χ0v) is 19.5. The molecule has 1 N–H and O–H groups in total. The highest BCUT2D eigenvalue weighted by atomic mass is 35.5. The van der Waals surface area contributed by atoms with E-state index in [0.29, 0.717) is 20.4 Å². The van der Waals surface area contributed by atoms with Gasteiger partial charge in [-0.25, -0.2) is 9.97 Å². The predicted molar refractivity (Wildman–Crippen MR) is 132 cm³/mol. The molecular formula is C23H17ClN4O2S2. The van der Waals surface area contributed by atoms with Crippen LogP contribution in [0.15, 0.2) is 59.7 Å². The highest BCUT2D eigenvalue weighted by Crippen LogP contribution is 2.36. The summed E-state index contributed by atoms with van der Waals surface area (Å²) in [5.74, 6) is -0.327. The topological polar surface area (TPSA) is 76.9 Å². The maximum absolute atomic E-state index is 13.5. The lowest BCUT2D eigenvalue weighted by molar-refractivity contribution is -0.118. The van der Waals surface area contributed by atoms with E-state index in [1.807, 2.05) is 43.3 Å². The van der Waals surface area contributed by atoms with Crippen LogP contribution in [0.25, 0.3) is 31.6 Å². The summed E-state index contributed by atoms with van der Waals surface area (Å²) in [5.41, 5.74) is 2.28. The molecule has 1 unspecified atom stereocenters. The van der Waals surface area contributed by atoms with E-state index in [1.165, 1.54) is 33.6 Å². The Morgan fingerprint density at radius 2 is 1.88 bits per heavy atom. The molecule has 0 spiro atoms. The quantitative estimate of drug-likeness (QED) is 0.347. The number of para-hydroxylation sites is 1. The number of benzene rings is 2. The monoisotopic (exact) mass is 480 g/mol. The SMILES string of the molecule is Cc1sc2ncn(C(C)C(=O)Nc3nc4ccccc4s3)c(=O)c2c1-c1ccc(Cl)cc1. The Bertz CT molecular complexity index is 1500. The largest absolute Gasteiger partial charge is 0.300 e. The van der Waals surface area contributed by atoms with Crippen molar-refractivity contribution in [1.82, 2.24) is 14.5 Å². The van der Waals surface area contributed by atoms with Crippen molar-refractivity contribution in [2.75, 3.05) is 5.32 Å². The molecule has 9 heteroatoms. The lowest BCUT2D eigenvalue weighted by Crippen LogP contribution is -2.31. The van der Waals surface area contributed by atoms with Gasteiger partial charge in [-0.3, -0.25) is 14.2 Å². The van der Waals surface area contributed by atoms with Gasteiger partial charge in [0.05, 0.1) is 21.9 Å². The molecule has 3 aromatic heterocycles. The Labute approximate surface area is 196 Å². The van der Waals surface area contributed by atoms with Crippen LogP contribution in [-0.4, -0.2) is 20.4 Å². The third kappa shape index (κ3) is 3.60. The van der Waals surface area contributed by atoms with E-state index >= 15 is 0 Å². The van der Waals surface area contributed by atoms with Gasteiger partial charge >= 0.3 is 0 Å². The van der Waals surface area contributed by atoms with Gasteiger partial charge in [-0.2, -0.15) is 0 Å². The number of fused-ring (bicyclic) bond motifs is 2. The van der Waals surface area contributed by atoms with Crippen molar-refractivity contribution in [3.05, 3.63) is 75.1 Å². The van der Waals surface area contributed by atoms with Crippen LogP contribution < -0.4 is 10.9 Å². The smallest absolute Gasteiger partial charge is 0.263 e. The average Bonchev–Trinajstić information content (AvgIpc) is 3.34. The van der Waals surface area contributed by atoms with Gasteiger partial charge in [0, 0.05) is 15.5 Å². The second kappa shape index (κ2) is 8.12. The van der Waals surface area contributed by atoms with E-state index in [4.69, 9.17) is 11.6 Å². The third-order valence-corrected chi connectivity index (χ3v) is 7.48. The van der Waals surface area contributed by atoms with Crippen LogP contribution in [0.4, 0.5) is 5.13 Å². The zero-order chi connectivity index (χ0) is 22.4. The van der Waals surface area contributed by atoms with Gasteiger partial charge < -0.3 is 5.32 Å². The van der Waals surface area contributed by atoms with E-state index < -0.39 is 6.04 Å². The molecule has 0 saturated heterocycles. The summed E-state index contributed by atoms with van der Waals surface area (Å²) < 4.78 is 2.35. The number of rotatable bonds is 4. The average molecular weight is 481 g/mol. The number of nitrogens with one attached hydrogen (secondary N) is 1. The summed E-state index contributed by atoms with van der Waals surface area (Å²) in [4.78, 5) is 36.9. The number of amides is 1. The summed E-state index contributed by atoms with van der Waals surface area (Å²) in [6.07, 6.45) is 1.44. The Kier molecular flexibility index (Phi) is 5.28. The van der Waals surface area contributed by atoms with Crippen LogP contribution in [0.1, 0.15) is 17.8 Å². The molecule has 5 rings (SSSR count). The number of thiophene rings is 1. The van der Waals surface area contributed by atoms with Crippen molar-refractivity contribution in [3.8, 4) is 11.1 Å². The molecule has 5 aromatic rings. The number of carbonyl (C=O) groups excluding carboxylic acids is 1. The van der Waals surface area contributed by atoms with Crippen LogP contribution in [0.2, 0.25) is 5.02 Å². The molecule has 1 amide bonds. The molecule has 32 heavy (non-hydrogen) atoms. The summed E-state index contributed by atoms with van der Waals surface area (Å²) in [6.45, 7) is 3.64. The Hall–Kier alpha value is -3.07. The first-order valence-corrected chi connectivity index (χ1v) is 11.9. The fourth-order valence-electron chi connectivity index (χ4n) is 3.62. The zero-order valence-electron chi connectivity index (χ0n) is 17.1. The summed E-state index contributed by atoms with van der Waals surface area (Å²) in [7, 11) is 0. The molecule has 160 valence electrons. The van der Waals surface area contributed by atoms with Crippen LogP contribution in [0.5, 0.6) is 0 Å². The molecule has 0 aliphatic rings. The number of aromatic nitrogens is 3. The second-order valence-corrected chi connectivity index (χ2v) is 10.00. The van der Waals surface area contributed by atoms with Gasteiger partial charge in [0.2, 0.25) is 5.91 Å². The number of hydrogen-bond acceptors (Lipinski definition) is 6. The van der Waals surface area contributed by atoms with Crippen molar-refractivity contribution >= 4 is 65.7 Å². The molecule has 3 heterocycles. The lowest BCUT2D eigenvalue weighted by atomic mass is 10.0. The number of carbonyl (C=O) groups is 1. The van der Waals surface area contributed by atoms with Gasteiger partial charge in [0.1, 0.15) is 10.9 Å². The highest BCUT2D eigenvalue weighted by Gasteiger charge is 2.22. The first kappa shape index (κ1) is 20.8. The molecule has 0 saturated carbocycles. The fourth-order valence-corrected chi connectivity index (χ4v) is 5.62. The first-order valence-electron chi connectivity index (χ1n) is 9.85. The maximum Gasteiger partial charge on any atom is 0.263 e. The minimum absolute atomic E-state index is 0.253. The first-order chi connectivity index (χ1) is 15.4. The fraction of sp³-hybridized carbons (Fsp3) is 0.130. The van der Waals surface area contributed by atoms with E-state index in [9.17, 15) is 9.59 Å². The van der Waals surface area contributed by atoms with Crippen LogP contribution >= 0.6 is 34.3 Å². The number of anilines is 1. The Balaban J connectivity index is 1.52. The van der Waals surface area contributed by atoms with Crippen molar-refractivity contribution in [2.24, 2.45) is 0 Å². The minimum Gasteiger partial charge on any atom is -0.300 e. The molecule has 0 aliphatic heterocycles. The van der Waals surface area contributed by atoms with Gasteiger partial charge in [0.15, 0.2) is 5.13 Å². The summed E-state index contributed by atoms with van der Waals surface area (Å²) >= 11 is 8.89. The number of halogens is 1. The molecular weight excluding hydrogens is 464 g/mol. The maximum atomic E-state index is 13.5. The highest BCUT2D eigenvalue weighted by molar-refractivity contribution is 7.22. The Morgan fingerprint density at radius 1 is 1.12 bits per heavy atom. The van der Waals surface area contributed by atoms with E-state index in [-0.39, 0.29) is 11.5 Å². The summed E-state index contributed by atoms with van der Waals surface area (Å²) in [5, 5.41) is 4.47. The van der Waals surface area contributed by atoms with E-state index in [1.54, 1.807) is 19.1 Å². The van der Waals surface area contributed by atoms with Gasteiger partial charge in [0.25, 0.3) is 5.56 Å². The van der Waals surface area contributed by atoms with Crippen molar-refractivity contribution < 1.29 is 4.79 Å².